The first-order valence-electron chi connectivity index (χ1n) is 9.64. The van der Waals surface area contributed by atoms with Crippen molar-refractivity contribution in [3.05, 3.63) is 35.9 Å². The van der Waals surface area contributed by atoms with E-state index in [-0.39, 0.29) is 12.5 Å². The number of ether oxygens (including phenoxy) is 3. The lowest BCUT2D eigenvalue weighted by Gasteiger charge is -2.28. The van der Waals surface area contributed by atoms with Crippen molar-refractivity contribution in [2.45, 2.75) is 26.8 Å². The molecular weight excluding hydrogens is 344 g/mol. The lowest BCUT2D eigenvalue weighted by molar-refractivity contribution is -0.133. The Labute approximate surface area is 162 Å². The minimum Gasteiger partial charge on any atom is -0.493 e. The molecule has 6 nitrogen and oxygen atoms in total. The van der Waals surface area contributed by atoms with Crippen LogP contribution < -0.4 is 9.47 Å². The normalized spacial score (nSPS) is 14.6. The van der Waals surface area contributed by atoms with Crippen molar-refractivity contribution in [3.8, 4) is 11.5 Å². The molecule has 1 saturated heterocycles. The van der Waals surface area contributed by atoms with E-state index in [1.807, 2.05) is 26.0 Å². The van der Waals surface area contributed by atoms with Crippen molar-refractivity contribution >= 4 is 5.91 Å². The van der Waals surface area contributed by atoms with Crippen LogP contribution in [0.3, 0.4) is 0 Å². The summed E-state index contributed by atoms with van der Waals surface area (Å²) in [7, 11) is 1.63. The second-order valence-corrected chi connectivity index (χ2v) is 6.52. The van der Waals surface area contributed by atoms with Crippen molar-refractivity contribution in [1.82, 2.24) is 9.80 Å². The summed E-state index contributed by atoms with van der Waals surface area (Å²) in [5.74, 6) is 1.29. The zero-order chi connectivity index (χ0) is 19.6. The number of nitrogens with zero attached hydrogens (tertiary/aromatic N) is 2. The third-order valence-corrected chi connectivity index (χ3v) is 4.75. The zero-order valence-corrected chi connectivity index (χ0v) is 16.8. The lowest BCUT2D eigenvalue weighted by atomic mass is 10.0. The highest BCUT2D eigenvalue weighted by Crippen LogP contribution is 2.34. The first-order valence-corrected chi connectivity index (χ1v) is 9.64. The molecule has 1 aliphatic rings. The van der Waals surface area contributed by atoms with Crippen LogP contribution in [0.15, 0.2) is 24.8 Å². The number of morpholine rings is 1. The van der Waals surface area contributed by atoms with Gasteiger partial charge in [0.1, 0.15) is 0 Å². The standard InChI is InChI=1S/C21H32N2O4/c1-5-8-17-13-18(15-22-9-11-26-12-10-22)21(19(14-17)25-4)27-16-20(24)23(6-2)7-3/h5,13-14H,1,6-12,15-16H2,2-4H3. The molecular formula is C21H32N2O4. The molecule has 0 saturated carbocycles. The molecule has 0 radical (unpaired) electrons. The van der Waals surface area contributed by atoms with Gasteiger partial charge in [-0.25, -0.2) is 0 Å². The number of benzene rings is 1. The van der Waals surface area contributed by atoms with E-state index in [4.69, 9.17) is 14.2 Å². The third kappa shape index (κ3) is 5.97. The molecule has 27 heavy (non-hydrogen) atoms. The predicted octanol–water partition coefficient (Wildman–Crippen LogP) is 2.50. The monoisotopic (exact) mass is 376 g/mol. The SMILES string of the molecule is C=CCc1cc(CN2CCOCC2)c(OCC(=O)N(CC)CC)c(OC)c1. The van der Waals surface area contributed by atoms with Gasteiger partial charge in [0, 0.05) is 38.3 Å². The molecule has 0 spiro atoms. The van der Waals surface area contributed by atoms with Gasteiger partial charge < -0.3 is 19.1 Å². The van der Waals surface area contributed by atoms with Crippen LogP contribution in [0.2, 0.25) is 0 Å². The predicted molar refractivity (Wildman–Crippen MR) is 106 cm³/mol. The number of methoxy groups -OCH3 is 1. The maximum absolute atomic E-state index is 12.4. The average Bonchev–Trinajstić information content (AvgIpc) is 2.68. The number of rotatable bonds is 10. The molecule has 1 amide bonds. The fourth-order valence-corrected chi connectivity index (χ4v) is 3.24. The molecule has 0 aromatic heterocycles. The van der Waals surface area contributed by atoms with Crippen molar-refractivity contribution < 1.29 is 19.0 Å². The van der Waals surface area contributed by atoms with Gasteiger partial charge in [-0.3, -0.25) is 9.69 Å². The Morgan fingerprint density at radius 2 is 2.00 bits per heavy atom. The van der Waals surface area contributed by atoms with Crippen LogP contribution in [0, 0.1) is 0 Å². The summed E-state index contributed by atoms with van der Waals surface area (Å²) in [4.78, 5) is 16.5. The molecule has 1 aliphatic heterocycles. The number of likely N-dealkylation sites (N-methyl/N-ethyl adjacent to an activating group) is 1. The number of allylic oxidation sites excluding steroid dienone is 1. The highest BCUT2D eigenvalue weighted by molar-refractivity contribution is 5.77. The maximum atomic E-state index is 12.4. The van der Waals surface area contributed by atoms with Crippen LogP contribution in [0.25, 0.3) is 0 Å². The first-order chi connectivity index (χ1) is 13.1. The van der Waals surface area contributed by atoms with E-state index in [1.54, 1.807) is 12.0 Å². The van der Waals surface area contributed by atoms with Gasteiger partial charge in [0.05, 0.1) is 20.3 Å². The van der Waals surface area contributed by atoms with Crippen LogP contribution in [0.1, 0.15) is 25.0 Å². The minimum atomic E-state index is -0.0189. The van der Waals surface area contributed by atoms with Crippen molar-refractivity contribution in [1.29, 1.82) is 0 Å². The van der Waals surface area contributed by atoms with Crippen LogP contribution in [-0.4, -0.2) is 68.8 Å². The van der Waals surface area contributed by atoms with E-state index in [0.717, 1.165) is 50.4 Å². The number of carbonyl (C=O) groups excluding carboxylic acids is 1. The van der Waals surface area contributed by atoms with E-state index in [9.17, 15) is 4.79 Å². The van der Waals surface area contributed by atoms with Crippen molar-refractivity contribution in [2.75, 3.05) is 53.1 Å². The summed E-state index contributed by atoms with van der Waals surface area (Å²) < 4.78 is 17.0. The van der Waals surface area contributed by atoms with Crippen LogP contribution >= 0.6 is 0 Å². The van der Waals surface area contributed by atoms with E-state index < -0.39 is 0 Å². The highest BCUT2D eigenvalue weighted by Gasteiger charge is 2.19. The van der Waals surface area contributed by atoms with Gasteiger partial charge in [-0.1, -0.05) is 12.1 Å². The number of hydrogen-bond donors (Lipinski definition) is 0. The van der Waals surface area contributed by atoms with Gasteiger partial charge in [0.15, 0.2) is 18.1 Å². The highest BCUT2D eigenvalue weighted by atomic mass is 16.5. The van der Waals surface area contributed by atoms with Gasteiger partial charge in [-0.05, 0) is 31.9 Å². The summed E-state index contributed by atoms with van der Waals surface area (Å²) in [5.41, 5.74) is 2.15. The molecule has 6 heteroatoms. The Hall–Kier alpha value is -2.05. The van der Waals surface area contributed by atoms with Crippen molar-refractivity contribution in [3.63, 3.8) is 0 Å². The summed E-state index contributed by atoms with van der Waals surface area (Å²) in [6, 6.07) is 4.08. The Bertz CT molecular complexity index is 623. The molecule has 0 aliphatic carbocycles. The molecule has 150 valence electrons. The quantitative estimate of drug-likeness (QED) is 0.587. The summed E-state index contributed by atoms with van der Waals surface area (Å²) in [6.45, 7) is 13.1. The molecule has 0 bridgehead atoms. The smallest absolute Gasteiger partial charge is 0.260 e. The number of hydrogen-bond acceptors (Lipinski definition) is 5. The largest absolute Gasteiger partial charge is 0.493 e. The van der Waals surface area contributed by atoms with Gasteiger partial charge in [0.2, 0.25) is 0 Å². The molecule has 0 N–H and O–H groups in total. The van der Waals surface area contributed by atoms with Crippen LogP contribution in [-0.2, 0) is 22.5 Å². The maximum Gasteiger partial charge on any atom is 0.260 e. The molecule has 1 aromatic carbocycles. The Balaban J connectivity index is 2.25. The van der Waals surface area contributed by atoms with E-state index in [1.165, 1.54) is 0 Å². The van der Waals surface area contributed by atoms with Gasteiger partial charge >= 0.3 is 0 Å². The van der Waals surface area contributed by atoms with Gasteiger partial charge in [-0.15, -0.1) is 6.58 Å². The second-order valence-electron chi connectivity index (χ2n) is 6.52. The third-order valence-electron chi connectivity index (χ3n) is 4.75. The van der Waals surface area contributed by atoms with Gasteiger partial charge in [-0.2, -0.15) is 0 Å². The first kappa shape index (κ1) is 21.3. The average molecular weight is 376 g/mol. The molecule has 0 atom stereocenters. The Morgan fingerprint density at radius 1 is 1.30 bits per heavy atom. The lowest BCUT2D eigenvalue weighted by Crippen LogP contribution is -2.36. The summed E-state index contributed by atoms with van der Waals surface area (Å²) >= 11 is 0. The minimum absolute atomic E-state index is 0.00889. The topological polar surface area (TPSA) is 51.2 Å². The summed E-state index contributed by atoms with van der Waals surface area (Å²) in [6.07, 6.45) is 2.63. The van der Waals surface area contributed by atoms with Crippen LogP contribution in [0.4, 0.5) is 0 Å². The molecule has 1 fully saturated rings. The molecule has 1 aromatic rings. The number of carbonyl (C=O) groups is 1. The molecule has 2 rings (SSSR count). The molecule has 0 unspecified atom stereocenters. The van der Waals surface area contributed by atoms with E-state index in [0.29, 0.717) is 24.6 Å². The van der Waals surface area contributed by atoms with Crippen LogP contribution in [0.5, 0.6) is 11.5 Å². The Morgan fingerprint density at radius 3 is 2.59 bits per heavy atom. The fraction of sp³-hybridized carbons (Fsp3) is 0.571. The van der Waals surface area contributed by atoms with Crippen molar-refractivity contribution in [2.24, 2.45) is 0 Å². The Kier molecular flexibility index (Phi) is 8.61. The summed E-state index contributed by atoms with van der Waals surface area (Å²) in [5, 5.41) is 0. The fourth-order valence-electron chi connectivity index (χ4n) is 3.24. The molecule has 1 heterocycles. The van der Waals surface area contributed by atoms with E-state index in [2.05, 4.69) is 17.5 Å². The van der Waals surface area contributed by atoms with E-state index >= 15 is 0 Å². The second kappa shape index (κ2) is 10.9. The zero-order valence-electron chi connectivity index (χ0n) is 16.8. The van der Waals surface area contributed by atoms with Gasteiger partial charge in [0.25, 0.3) is 5.91 Å². The number of amides is 1.